The van der Waals surface area contributed by atoms with E-state index in [0.717, 1.165) is 28.2 Å². The molecule has 1 aliphatic heterocycles. The van der Waals surface area contributed by atoms with Gasteiger partial charge in [-0.15, -0.1) is 11.3 Å². The molecule has 1 atom stereocenters. The Bertz CT molecular complexity index is 1180. The topological polar surface area (TPSA) is 59.1 Å². The number of hydrogen-bond acceptors (Lipinski definition) is 5. The molecule has 0 N–H and O–H groups in total. The summed E-state index contributed by atoms with van der Waals surface area (Å²) in [6.45, 7) is 7.34. The van der Waals surface area contributed by atoms with Gasteiger partial charge >= 0.3 is 0 Å². The van der Waals surface area contributed by atoms with Crippen LogP contribution in [0.5, 0.6) is 11.5 Å². The first-order valence-electron chi connectivity index (χ1n) is 12.5. The van der Waals surface area contributed by atoms with Gasteiger partial charge < -0.3 is 19.3 Å². The lowest BCUT2D eigenvalue weighted by Crippen LogP contribution is -2.46. The highest BCUT2D eigenvalue weighted by Gasteiger charge is 2.26. The molecule has 6 nitrogen and oxygen atoms in total. The molecule has 4 rings (SSSR count). The van der Waals surface area contributed by atoms with Gasteiger partial charge in [0.1, 0.15) is 6.54 Å². The minimum absolute atomic E-state index is 0.0110. The number of nitrogens with zero attached hydrogens (tertiary/aromatic N) is 2. The summed E-state index contributed by atoms with van der Waals surface area (Å²) in [6.07, 6.45) is 1.83. The van der Waals surface area contributed by atoms with E-state index in [-0.39, 0.29) is 31.2 Å². The Labute approximate surface area is 217 Å². The highest BCUT2D eigenvalue weighted by atomic mass is 32.1. The first-order chi connectivity index (χ1) is 17.4. The fraction of sp³-hybridized carbons (Fsp3) is 0.379. The van der Waals surface area contributed by atoms with E-state index in [4.69, 9.17) is 9.47 Å². The van der Waals surface area contributed by atoms with Gasteiger partial charge in [-0.25, -0.2) is 0 Å². The van der Waals surface area contributed by atoms with Gasteiger partial charge in [-0.3, -0.25) is 9.59 Å². The number of amides is 2. The summed E-state index contributed by atoms with van der Waals surface area (Å²) in [5, 5.41) is 2.05. The van der Waals surface area contributed by atoms with Crippen LogP contribution in [-0.4, -0.2) is 41.0 Å². The predicted molar refractivity (Wildman–Crippen MR) is 142 cm³/mol. The first kappa shape index (κ1) is 25.8. The van der Waals surface area contributed by atoms with Gasteiger partial charge in [0.25, 0.3) is 0 Å². The molecule has 0 saturated carbocycles. The Morgan fingerprint density at radius 2 is 1.75 bits per heavy atom. The number of ether oxygens (including phenoxy) is 2. The first-order valence-corrected chi connectivity index (χ1v) is 13.3. The number of carbonyl (C=O) groups is 2. The summed E-state index contributed by atoms with van der Waals surface area (Å²) >= 11 is 1.65. The Balaban J connectivity index is 1.50. The molecule has 3 aromatic rings. The van der Waals surface area contributed by atoms with E-state index in [1.165, 1.54) is 5.56 Å². The molecule has 2 aromatic carbocycles. The Morgan fingerprint density at radius 3 is 2.47 bits per heavy atom. The smallest absolute Gasteiger partial charge is 0.242 e. The zero-order valence-corrected chi connectivity index (χ0v) is 22.1. The third-order valence-corrected chi connectivity index (χ3v) is 7.69. The zero-order chi connectivity index (χ0) is 25.5. The van der Waals surface area contributed by atoms with E-state index in [9.17, 15) is 9.59 Å². The molecule has 0 bridgehead atoms. The van der Waals surface area contributed by atoms with Crippen molar-refractivity contribution in [2.75, 3.05) is 13.3 Å². The fourth-order valence-corrected chi connectivity index (χ4v) is 5.15. The number of thiophene rings is 1. The Hall–Kier alpha value is -3.32. The lowest BCUT2D eigenvalue weighted by molar-refractivity contribution is -0.143. The SMILES string of the molecule is CC[C@@H](C)N(CC(=O)N(Cc1ccc2c(c1)OCO2)Cc1sccc1C)C(=O)CCc1ccccc1. The van der Waals surface area contributed by atoms with Crippen LogP contribution in [0.3, 0.4) is 0 Å². The summed E-state index contributed by atoms with van der Waals surface area (Å²) in [4.78, 5) is 31.7. The largest absolute Gasteiger partial charge is 0.454 e. The molecular weight excluding hydrogens is 472 g/mol. The molecule has 0 radical (unpaired) electrons. The number of fused-ring (bicyclic) bond motifs is 1. The third-order valence-electron chi connectivity index (χ3n) is 6.68. The second kappa shape index (κ2) is 12.1. The van der Waals surface area contributed by atoms with E-state index in [1.54, 1.807) is 16.2 Å². The van der Waals surface area contributed by atoms with Gasteiger partial charge in [0.15, 0.2) is 11.5 Å². The van der Waals surface area contributed by atoms with Gasteiger partial charge in [-0.05, 0) is 67.0 Å². The van der Waals surface area contributed by atoms with Crippen LogP contribution in [0, 0.1) is 6.92 Å². The molecular formula is C29H34N2O4S. The van der Waals surface area contributed by atoms with Crippen LogP contribution in [-0.2, 0) is 29.1 Å². The average Bonchev–Trinajstić information content (AvgIpc) is 3.53. The minimum Gasteiger partial charge on any atom is -0.454 e. The van der Waals surface area contributed by atoms with Crippen LogP contribution < -0.4 is 9.47 Å². The second-order valence-electron chi connectivity index (χ2n) is 9.23. The number of benzene rings is 2. The van der Waals surface area contributed by atoms with Crippen molar-refractivity contribution in [3.63, 3.8) is 0 Å². The van der Waals surface area contributed by atoms with Crippen molar-refractivity contribution in [2.24, 2.45) is 0 Å². The van der Waals surface area contributed by atoms with Crippen LogP contribution in [0.1, 0.15) is 48.3 Å². The molecule has 0 aliphatic carbocycles. The van der Waals surface area contributed by atoms with Crippen LogP contribution >= 0.6 is 11.3 Å². The fourth-order valence-electron chi connectivity index (χ4n) is 4.23. The third kappa shape index (κ3) is 6.46. The molecule has 190 valence electrons. The molecule has 1 aromatic heterocycles. The molecule has 0 saturated heterocycles. The standard InChI is InChI=1S/C29H34N2O4S/c1-4-22(3)31(28(32)13-11-23-8-6-5-7-9-23)19-29(33)30(18-27-21(2)14-15-36-27)17-24-10-12-25-26(16-24)35-20-34-25/h5-10,12,14-16,22H,4,11,13,17-20H2,1-3H3/t22-/m1/s1. The molecule has 7 heteroatoms. The Kier molecular flexibility index (Phi) is 8.65. The van der Waals surface area contributed by atoms with Crippen molar-refractivity contribution in [2.45, 2.75) is 59.2 Å². The molecule has 2 amide bonds. The summed E-state index contributed by atoms with van der Waals surface area (Å²) in [7, 11) is 0. The van der Waals surface area contributed by atoms with Crippen molar-refractivity contribution in [3.8, 4) is 11.5 Å². The maximum absolute atomic E-state index is 13.7. The molecule has 0 fully saturated rings. The average molecular weight is 507 g/mol. The monoisotopic (exact) mass is 506 g/mol. The number of hydrogen-bond donors (Lipinski definition) is 0. The summed E-state index contributed by atoms with van der Waals surface area (Å²) < 4.78 is 11.0. The lowest BCUT2D eigenvalue weighted by atomic mass is 10.1. The molecule has 2 heterocycles. The minimum atomic E-state index is -0.0613. The lowest BCUT2D eigenvalue weighted by Gasteiger charge is -2.31. The zero-order valence-electron chi connectivity index (χ0n) is 21.2. The van der Waals surface area contributed by atoms with Gasteiger partial charge in [0.05, 0.1) is 6.54 Å². The summed E-state index contributed by atoms with van der Waals surface area (Å²) in [6, 6.07) is 17.8. The van der Waals surface area contributed by atoms with E-state index in [2.05, 4.69) is 13.0 Å². The van der Waals surface area contributed by atoms with Crippen LogP contribution in [0.4, 0.5) is 0 Å². The van der Waals surface area contributed by atoms with Gasteiger partial charge in [-0.2, -0.15) is 0 Å². The van der Waals surface area contributed by atoms with E-state index < -0.39 is 0 Å². The van der Waals surface area contributed by atoms with Gasteiger partial charge in [0, 0.05) is 23.9 Å². The molecule has 36 heavy (non-hydrogen) atoms. The number of rotatable bonds is 11. The maximum atomic E-state index is 13.7. The Morgan fingerprint density at radius 1 is 0.972 bits per heavy atom. The highest BCUT2D eigenvalue weighted by Crippen LogP contribution is 2.33. The van der Waals surface area contributed by atoms with Crippen LogP contribution in [0.25, 0.3) is 0 Å². The quantitative estimate of drug-likeness (QED) is 0.341. The van der Waals surface area contributed by atoms with Crippen molar-refractivity contribution >= 4 is 23.2 Å². The van der Waals surface area contributed by atoms with Crippen molar-refractivity contribution < 1.29 is 19.1 Å². The normalized spacial score (nSPS) is 12.9. The number of aryl methyl sites for hydroxylation is 2. The number of carbonyl (C=O) groups excluding carboxylic acids is 2. The highest BCUT2D eigenvalue weighted by molar-refractivity contribution is 7.10. The summed E-state index contributed by atoms with van der Waals surface area (Å²) in [5.74, 6) is 1.37. The molecule has 0 unspecified atom stereocenters. The molecule has 0 spiro atoms. The van der Waals surface area contributed by atoms with Crippen LogP contribution in [0.15, 0.2) is 60.0 Å². The van der Waals surface area contributed by atoms with E-state index in [0.29, 0.717) is 31.7 Å². The molecule has 1 aliphatic rings. The predicted octanol–water partition coefficient (Wildman–Crippen LogP) is 5.57. The van der Waals surface area contributed by atoms with E-state index in [1.807, 2.05) is 72.7 Å². The van der Waals surface area contributed by atoms with Crippen LogP contribution in [0.2, 0.25) is 0 Å². The second-order valence-corrected chi connectivity index (χ2v) is 10.2. The van der Waals surface area contributed by atoms with Crippen molar-refractivity contribution in [1.29, 1.82) is 0 Å². The van der Waals surface area contributed by atoms with Gasteiger partial charge in [0.2, 0.25) is 18.6 Å². The van der Waals surface area contributed by atoms with Crippen molar-refractivity contribution in [1.82, 2.24) is 9.80 Å². The van der Waals surface area contributed by atoms with Gasteiger partial charge in [-0.1, -0.05) is 43.3 Å². The van der Waals surface area contributed by atoms with E-state index >= 15 is 0 Å². The maximum Gasteiger partial charge on any atom is 0.242 e. The van der Waals surface area contributed by atoms with Crippen molar-refractivity contribution in [3.05, 3.63) is 81.5 Å². The summed E-state index contributed by atoms with van der Waals surface area (Å²) in [5.41, 5.74) is 3.26.